The fraction of sp³-hybridized carbons (Fsp3) is 0.231. The average Bonchev–Trinajstić information content (AvgIpc) is 3.63. The Morgan fingerprint density at radius 3 is 2.89 bits per heavy atom. The van der Waals surface area contributed by atoms with Crippen LogP contribution in [0.1, 0.15) is 45.2 Å². The maximum atomic E-state index is 13.3. The molecule has 1 amide bonds. The van der Waals surface area contributed by atoms with Crippen molar-refractivity contribution in [1.82, 2.24) is 4.98 Å². The molecule has 10 heteroatoms. The van der Waals surface area contributed by atoms with Crippen LogP contribution < -0.4 is 9.64 Å². The first kappa shape index (κ1) is 23.6. The van der Waals surface area contributed by atoms with E-state index in [9.17, 15) is 19.5 Å². The van der Waals surface area contributed by atoms with Gasteiger partial charge in [0.25, 0.3) is 5.78 Å². The van der Waals surface area contributed by atoms with Crippen LogP contribution in [-0.4, -0.2) is 40.5 Å². The van der Waals surface area contributed by atoms with Crippen LogP contribution in [0.5, 0.6) is 5.75 Å². The van der Waals surface area contributed by atoms with Crippen LogP contribution in [0.2, 0.25) is 0 Å². The predicted molar refractivity (Wildman–Crippen MR) is 131 cm³/mol. The topological polar surface area (TPSA) is 119 Å². The molecule has 4 heterocycles. The molecule has 2 atom stereocenters. The monoisotopic (exact) mass is 506 g/mol. The summed E-state index contributed by atoms with van der Waals surface area (Å²) >= 11 is 0.919. The minimum atomic E-state index is -1.08. The Morgan fingerprint density at radius 1 is 1.36 bits per heavy atom. The molecule has 0 aliphatic carbocycles. The molecule has 1 N–H and O–H groups in total. The molecule has 1 aromatic carbocycles. The van der Waals surface area contributed by atoms with Crippen molar-refractivity contribution >= 4 is 39.9 Å². The van der Waals surface area contributed by atoms with Gasteiger partial charge in [-0.05, 0) is 49.7 Å². The van der Waals surface area contributed by atoms with Gasteiger partial charge in [-0.3, -0.25) is 14.5 Å². The number of aliphatic hydroxyl groups excluding tert-OH is 1. The van der Waals surface area contributed by atoms with Crippen molar-refractivity contribution in [3.63, 3.8) is 0 Å². The lowest BCUT2D eigenvalue weighted by molar-refractivity contribution is -0.132. The summed E-state index contributed by atoms with van der Waals surface area (Å²) in [4.78, 5) is 44.7. The number of fused-ring (bicyclic) bond motifs is 1. The van der Waals surface area contributed by atoms with Gasteiger partial charge in [-0.15, -0.1) is 0 Å². The number of aryl methyl sites for hydroxylation is 1. The van der Waals surface area contributed by atoms with E-state index in [1.54, 1.807) is 37.3 Å². The molecule has 0 saturated carbocycles. The van der Waals surface area contributed by atoms with E-state index in [1.165, 1.54) is 12.3 Å². The molecule has 0 bridgehead atoms. The number of furan rings is 1. The van der Waals surface area contributed by atoms with Gasteiger partial charge in [0.1, 0.15) is 40.9 Å². The first-order chi connectivity index (χ1) is 17.3. The van der Waals surface area contributed by atoms with Crippen molar-refractivity contribution < 1.29 is 33.4 Å². The van der Waals surface area contributed by atoms with Gasteiger partial charge in [-0.2, -0.15) is 0 Å². The Kier molecular flexibility index (Phi) is 5.97. The molecule has 184 valence electrons. The van der Waals surface area contributed by atoms with E-state index < -0.39 is 23.7 Å². The summed E-state index contributed by atoms with van der Waals surface area (Å²) in [6.07, 6.45) is 3.52. The van der Waals surface area contributed by atoms with Gasteiger partial charge in [-0.1, -0.05) is 24.0 Å². The number of aliphatic hydroxyl groups is 1. The Bertz CT molecular complexity index is 1420. The highest BCUT2D eigenvalue weighted by Gasteiger charge is 2.49. The van der Waals surface area contributed by atoms with Crippen LogP contribution in [0.4, 0.5) is 5.13 Å². The normalized spacial score (nSPS) is 20.3. The number of benzene rings is 1. The molecule has 5 rings (SSSR count). The third kappa shape index (κ3) is 3.89. The van der Waals surface area contributed by atoms with E-state index in [0.717, 1.165) is 27.5 Å². The van der Waals surface area contributed by atoms with Gasteiger partial charge in [0.15, 0.2) is 5.13 Å². The van der Waals surface area contributed by atoms with Crippen LogP contribution in [0.15, 0.2) is 59.2 Å². The number of esters is 1. The van der Waals surface area contributed by atoms with Crippen LogP contribution >= 0.6 is 11.3 Å². The van der Waals surface area contributed by atoms with Gasteiger partial charge in [0.05, 0.1) is 17.5 Å². The Morgan fingerprint density at radius 2 is 2.17 bits per heavy atom. The number of ketones is 1. The van der Waals surface area contributed by atoms with Crippen molar-refractivity contribution in [1.29, 1.82) is 0 Å². The Hall–Kier alpha value is -4.18. The number of ether oxygens (including phenoxy) is 2. The standard InChI is InChI=1S/C26H22N2O7S/c1-4-9-34-25(32)23-14(3)27-26(36-23)28-20(18-6-5-10-33-18)19(22(30)24(28)31)21(29)15-7-8-17-16(12-15)11-13(2)35-17/h4-8,10,12-13,20,29H,1,9,11H2,2-3H3/b21-19+. The van der Waals surface area contributed by atoms with Crippen molar-refractivity contribution in [2.75, 3.05) is 11.5 Å². The summed E-state index contributed by atoms with van der Waals surface area (Å²) in [6.45, 7) is 7.09. The number of carbonyl (C=O) groups excluding carboxylic acids is 3. The van der Waals surface area contributed by atoms with E-state index in [2.05, 4.69) is 11.6 Å². The quantitative estimate of drug-likeness (QED) is 0.172. The lowest BCUT2D eigenvalue weighted by Gasteiger charge is -2.20. The van der Waals surface area contributed by atoms with Crippen molar-refractivity contribution in [3.05, 3.63) is 82.3 Å². The second-order valence-electron chi connectivity index (χ2n) is 8.44. The van der Waals surface area contributed by atoms with E-state index in [-0.39, 0.29) is 39.8 Å². The van der Waals surface area contributed by atoms with Crippen LogP contribution in [0, 0.1) is 6.92 Å². The van der Waals surface area contributed by atoms with Gasteiger partial charge in [0.2, 0.25) is 0 Å². The number of amides is 1. The third-order valence-corrected chi connectivity index (χ3v) is 7.07. The summed E-state index contributed by atoms with van der Waals surface area (Å²) in [7, 11) is 0. The number of hydrogen-bond donors (Lipinski definition) is 1. The van der Waals surface area contributed by atoms with Gasteiger partial charge < -0.3 is 19.0 Å². The van der Waals surface area contributed by atoms with Gasteiger partial charge in [-0.25, -0.2) is 9.78 Å². The molecule has 2 aliphatic rings. The molecule has 0 spiro atoms. The van der Waals surface area contributed by atoms with Crippen molar-refractivity contribution in [3.8, 4) is 5.75 Å². The van der Waals surface area contributed by atoms with E-state index in [0.29, 0.717) is 17.7 Å². The Labute approximate surface area is 210 Å². The van der Waals surface area contributed by atoms with Crippen LogP contribution in [0.3, 0.4) is 0 Å². The minimum Gasteiger partial charge on any atom is -0.507 e. The number of carbonyl (C=O) groups is 3. The highest BCUT2D eigenvalue weighted by atomic mass is 32.1. The predicted octanol–water partition coefficient (Wildman–Crippen LogP) is 4.34. The van der Waals surface area contributed by atoms with Crippen LogP contribution in [0.25, 0.3) is 5.76 Å². The summed E-state index contributed by atoms with van der Waals surface area (Å²) in [5, 5.41) is 11.4. The first-order valence-electron chi connectivity index (χ1n) is 11.2. The highest BCUT2D eigenvalue weighted by Crippen LogP contribution is 2.44. The van der Waals surface area contributed by atoms with Crippen LogP contribution in [-0.2, 0) is 20.7 Å². The molecule has 2 unspecified atom stereocenters. The fourth-order valence-corrected chi connectivity index (χ4v) is 5.33. The summed E-state index contributed by atoms with van der Waals surface area (Å²) in [5.41, 5.74) is 1.49. The zero-order valence-corrected chi connectivity index (χ0v) is 20.3. The van der Waals surface area contributed by atoms with Gasteiger partial charge in [0, 0.05) is 12.0 Å². The molecule has 2 aromatic heterocycles. The second-order valence-corrected chi connectivity index (χ2v) is 9.42. The fourth-order valence-electron chi connectivity index (χ4n) is 4.35. The lowest BCUT2D eigenvalue weighted by atomic mass is 9.97. The molecule has 9 nitrogen and oxygen atoms in total. The zero-order chi connectivity index (χ0) is 25.6. The van der Waals surface area contributed by atoms with E-state index in [4.69, 9.17) is 13.9 Å². The summed E-state index contributed by atoms with van der Waals surface area (Å²) < 4.78 is 16.4. The number of hydrogen-bond acceptors (Lipinski definition) is 9. The zero-order valence-electron chi connectivity index (χ0n) is 19.5. The molecule has 1 saturated heterocycles. The number of nitrogens with zero attached hydrogens (tertiary/aromatic N) is 2. The highest BCUT2D eigenvalue weighted by molar-refractivity contribution is 7.17. The van der Waals surface area contributed by atoms with E-state index in [1.807, 2.05) is 6.92 Å². The second kappa shape index (κ2) is 9.12. The molecular weight excluding hydrogens is 484 g/mol. The molecule has 2 aliphatic heterocycles. The lowest BCUT2D eigenvalue weighted by Crippen LogP contribution is -2.29. The van der Waals surface area contributed by atoms with Gasteiger partial charge >= 0.3 is 11.9 Å². The number of Topliss-reactive ketones (excluding diaryl/α,β-unsaturated/α-hetero) is 1. The van der Waals surface area contributed by atoms with Crippen molar-refractivity contribution in [2.24, 2.45) is 0 Å². The van der Waals surface area contributed by atoms with Crippen molar-refractivity contribution in [2.45, 2.75) is 32.4 Å². The average molecular weight is 507 g/mol. The Balaban J connectivity index is 1.61. The first-order valence-corrected chi connectivity index (χ1v) is 12.0. The number of thiazole rings is 1. The maximum absolute atomic E-state index is 13.3. The number of anilines is 1. The molecule has 1 fully saturated rings. The minimum absolute atomic E-state index is 0.00611. The largest absolute Gasteiger partial charge is 0.507 e. The molecule has 36 heavy (non-hydrogen) atoms. The molecule has 3 aromatic rings. The molecule has 0 radical (unpaired) electrons. The maximum Gasteiger partial charge on any atom is 0.350 e. The summed E-state index contributed by atoms with van der Waals surface area (Å²) in [6, 6.07) is 7.27. The number of rotatable bonds is 6. The molecular formula is C26H22N2O7S. The third-order valence-electron chi connectivity index (χ3n) is 5.94. The smallest absolute Gasteiger partial charge is 0.350 e. The summed E-state index contributed by atoms with van der Waals surface area (Å²) in [5.74, 6) is -1.75. The number of aromatic nitrogens is 1. The van der Waals surface area contributed by atoms with E-state index >= 15 is 0 Å². The SMILES string of the molecule is C=CCOC(=O)c1sc(N2C(=O)C(=O)/C(=C(/O)c3ccc4c(c3)CC(C)O4)C2c2ccco2)nc1C.